The quantitative estimate of drug-likeness (QED) is 0.422. The summed E-state index contributed by atoms with van der Waals surface area (Å²) >= 11 is 0. The molecule has 33 heavy (non-hydrogen) atoms. The maximum absolute atomic E-state index is 14.9. The monoisotopic (exact) mass is 518 g/mol. The van der Waals surface area contributed by atoms with Gasteiger partial charge in [-0.05, 0) is 29.3 Å². The lowest BCUT2D eigenvalue weighted by molar-refractivity contribution is -0.119. The van der Waals surface area contributed by atoms with E-state index in [1.165, 1.54) is 17.9 Å². The first-order valence-electron chi connectivity index (χ1n) is 10.2. The zero-order valence-corrected chi connectivity index (χ0v) is 19.6. The Labute approximate surface area is 200 Å². The van der Waals surface area contributed by atoms with Gasteiger partial charge in [0.25, 0.3) is 0 Å². The van der Waals surface area contributed by atoms with E-state index in [0.717, 1.165) is 16.8 Å². The molecule has 0 aliphatic carbocycles. The van der Waals surface area contributed by atoms with Gasteiger partial charge in [0.05, 0.1) is 30.7 Å². The molecule has 2 amide bonds. The molecule has 1 fully saturated rings. The highest BCUT2D eigenvalue weighted by molar-refractivity contribution is 8.93. The van der Waals surface area contributed by atoms with Crippen molar-refractivity contribution in [3.05, 3.63) is 65.7 Å². The first-order chi connectivity index (χ1) is 15.5. The molecule has 2 aromatic carbocycles. The lowest BCUT2D eigenvalue weighted by Crippen LogP contribution is -2.33. The van der Waals surface area contributed by atoms with Gasteiger partial charge in [0.2, 0.25) is 5.91 Å². The molecule has 1 saturated heterocycles. The minimum absolute atomic E-state index is 0. The number of aromatic nitrogens is 3. The molecule has 1 aromatic heterocycles. The smallest absolute Gasteiger partial charge is 0.414 e. The second kappa shape index (κ2) is 11.0. The second-order valence-corrected chi connectivity index (χ2v) is 7.50. The maximum atomic E-state index is 14.9. The van der Waals surface area contributed by atoms with Crippen LogP contribution in [0.1, 0.15) is 18.2 Å². The van der Waals surface area contributed by atoms with E-state index >= 15 is 0 Å². The van der Waals surface area contributed by atoms with Crippen LogP contribution in [-0.4, -0.2) is 46.6 Å². The number of rotatable bonds is 8. The summed E-state index contributed by atoms with van der Waals surface area (Å²) in [7, 11) is 0. The van der Waals surface area contributed by atoms with Crippen molar-refractivity contribution in [1.82, 2.24) is 26.0 Å². The molecule has 0 radical (unpaired) electrons. The zero-order chi connectivity index (χ0) is 22.5. The van der Waals surface area contributed by atoms with Crippen LogP contribution < -0.4 is 15.5 Å². The van der Waals surface area contributed by atoms with Crippen LogP contribution in [0.15, 0.2) is 48.7 Å². The van der Waals surface area contributed by atoms with E-state index in [-0.39, 0.29) is 36.0 Å². The van der Waals surface area contributed by atoms with Gasteiger partial charge in [0.1, 0.15) is 11.9 Å². The van der Waals surface area contributed by atoms with Gasteiger partial charge in [0, 0.05) is 25.6 Å². The fraction of sp³-hybridized carbons (Fsp3) is 0.273. The zero-order valence-electron chi connectivity index (χ0n) is 17.9. The highest BCUT2D eigenvalue weighted by atomic mass is 79.9. The Morgan fingerprint density at radius 3 is 2.70 bits per heavy atom. The van der Waals surface area contributed by atoms with Crippen molar-refractivity contribution >= 4 is 34.7 Å². The molecule has 174 valence electrons. The first kappa shape index (κ1) is 24.3. The number of nitrogens with one attached hydrogen (secondary N) is 3. The van der Waals surface area contributed by atoms with Crippen LogP contribution in [0.25, 0.3) is 11.1 Å². The van der Waals surface area contributed by atoms with Crippen LogP contribution in [0, 0.1) is 5.82 Å². The average molecular weight is 519 g/mol. The number of halogens is 2. The Bertz CT molecular complexity index is 1090. The molecule has 0 spiro atoms. The first-order valence-corrected chi connectivity index (χ1v) is 10.2. The molecule has 3 aromatic rings. The summed E-state index contributed by atoms with van der Waals surface area (Å²) in [6.45, 7) is 3.13. The van der Waals surface area contributed by atoms with Gasteiger partial charge >= 0.3 is 6.09 Å². The number of carbonyl (C=O) groups is 2. The normalized spacial score (nSPS) is 15.2. The predicted octanol–water partition coefficient (Wildman–Crippen LogP) is 2.94. The molecule has 3 N–H and O–H groups in total. The summed E-state index contributed by atoms with van der Waals surface area (Å²) in [6, 6.07) is 12.3. The van der Waals surface area contributed by atoms with Gasteiger partial charge in [-0.25, -0.2) is 9.18 Å². The van der Waals surface area contributed by atoms with E-state index in [9.17, 15) is 14.0 Å². The van der Waals surface area contributed by atoms with Crippen LogP contribution in [0.4, 0.5) is 14.9 Å². The summed E-state index contributed by atoms with van der Waals surface area (Å²) in [5, 5.41) is 16.1. The molecule has 1 aliphatic rings. The molecule has 1 aliphatic heterocycles. The molecule has 11 heteroatoms. The van der Waals surface area contributed by atoms with Gasteiger partial charge in [-0.2, -0.15) is 0 Å². The Hall–Kier alpha value is -3.31. The highest BCUT2D eigenvalue weighted by Gasteiger charge is 2.32. The van der Waals surface area contributed by atoms with Crippen LogP contribution in [0.3, 0.4) is 0 Å². The number of H-pyrrole nitrogens is 1. The summed E-state index contributed by atoms with van der Waals surface area (Å²) < 4.78 is 20.1. The number of benzene rings is 2. The molecule has 0 bridgehead atoms. The summed E-state index contributed by atoms with van der Waals surface area (Å²) in [5.41, 5.74) is 3.55. The van der Waals surface area contributed by atoms with E-state index in [1.54, 1.807) is 18.3 Å². The van der Waals surface area contributed by atoms with Crippen molar-refractivity contribution in [3.8, 4) is 11.1 Å². The van der Waals surface area contributed by atoms with E-state index in [1.807, 2.05) is 24.3 Å². The molecular weight excluding hydrogens is 495 g/mol. The van der Waals surface area contributed by atoms with Gasteiger partial charge in [-0.1, -0.05) is 29.5 Å². The van der Waals surface area contributed by atoms with Crippen molar-refractivity contribution in [2.75, 3.05) is 18.0 Å². The molecule has 4 rings (SSSR count). The standard InChI is InChI=1S/C22H23FN6O3.BrH/c1-14(30)25-12-19-13-29(22(31)32-19)18-6-7-20(21(23)8-18)16-4-2-15(3-5-16)9-24-10-17-11-26-28-27-17;/h2-8,11,19,24H,9-10,12-13H2,1H3,(H,25,30)(H,26,27,28);1H/t19-;/m0./s1. The van der Waals surface area contributed by atoms with E-state index in [0.29, 0.717) is 24.3 Å². The fourth-order valence-electron chi connectivity index (χ4n) is 3.45. The molecule has 1 atom stereocenters. The summed E-state index contributed by atoms with van der Waals surface area (Å²) in [6.07, 6.45) is 0.628. The number of hydrogen-bond donors (Lipinski definition) is 3. The van der Waals surface area contributed by atoms with Crippen LogP contribution in [-0.2, 0) is 22.6 Å². The van der Waals surface area contributed by atoms with Gasteiger partial charge < -0.3 is 15.4 Å². The second-order valence-electron chi connectivity index (χ2n) is 7.50. The van der Waals surface area contributed by atoms with Crippen molar-refractivity contribution in [3.63, 3.8) is 0 Å². The topological polar surface area (TPSA) is 112 Å². The number of hydrogen-bond acceptors (Lipinski definition) is 6. The van der Waals surface area contributed by atoms with E-state index < -0.39 is 18.0 Å². The van der Waals surface area contributed by atoms with Gasteiger partial charge in [-0.15, -0.1) is 22.1 Å². The number of nitrogens with zero attached hydrogens (tertiary/aromatic N) is 3. The molecule has 0 saturated carbocycles. The number of carbonyl (C=O) groups excluding carboxylic acids is 2. The molecule has 0 unspecified atom stereocenters. The largest absolute Gasteiger partial charge is 0.442 e. The SMILES string of the molecule is Br.CC(=O)NC[C@H]1CN(c2ccc(-c3ccc(CNCc4cnn[nH]4)cc3)c(F)c2)C(=O)O1. The van der Waals surface area contributed by atoms with Crippen LogP contribution in [0.2, 0.25) is 0 Å². The molecular formula is C22H24BrFN6O3. The third-order valence-electron chi connectivity index (χ3n) is 5.09. The molecule has 2 heterocycles. The summed E-state index contributed by atoms with van der Waals surface area (Å²) in [4.78, 5) is 24.6. The van der Waals surface area contributed by atoms with Crippen molar-refractivity contribution in [2.45, 2.75) is 26.1 Å². The number of amides is 2. The van der Waals surface area contributed by atoms with E-state index in [2.05, 4.69) is 26.0 Å². The highest BCUT2D eigenvalue weighted by Crippen LogP contribution is 2.29. The maximum Gasteiger partial charge on any atom is 0.414 e. The lowest BCUT2D eigenvalue weighted by Gasteiger charge is -2.15. The van der Waals surface area contributed by atoms with Crippen LogP contribution >= 0.6 is 17.0 Å². The van der Waals surface area contributed by atoms with Crippen LogP contribution in [0.5, 0.6) is 0 Å². The third-order valence-corrected chi connectivity index (χ3v) is 5.09. The Kier molecular flexibility index (Phi) is 8.12. The lowest BCUT2D eigenvalue weighted by atomic mass is 10.0. The van der Waals surface area contributed by atoms with Crippen molar-refractivity contribution < 1.29 is 18.7 Å². The number of aromatic amines is 1. The average Bonchev–Trinajstić information content (AvgIpc) is 3.42. The van der Waals surface area contributed by atoms with Crippen molar-refractivity contribution in [2.24, 2.45) is 0 Å². The fourth-order valence-corrected chi connectivity index (χ4v) is 3.45. The predicted molar refractivity (Wildman–Crippen MR) is 125 cm³/mol. The Morgan fingerprint density at radius 2 is 2.03 bits per heavy atom. The number of cyclic esters (lactones) is 1. The summed E-state index contributed by atoms with van der Waals surface area (Å²) in [5.74, 6) is -0.634. The van der Waals surface area contributed by atoms with E-state index in [4.69, 9.17) is 4.74 Å². The number of anilines is 1. The van der Waals surface area contributed by atoms with Gasteiger partial charge in [0.15, 0.2) is 0 Å². The molecule has 9 nitrogen and oxygen atoms in total. The van der Waals surface area contributed by atoms with Crippen molar-refractivity contribution in [1.29, 1.82) is 0 Å². The third kappa shape index (κ3) is 6.14. The van der Waals surface area contributed by atoms with Gasteiger partial charge in [-0.3, -0.25) is 14.8 Å². The minimum atomic E-state index is -0.560. The minimum Gasteiger partial charge on any atom is -0.442 e. The Balaban J connectivity index is 0.00000306. The Morgan fingerprint density at radius 1 is 1.24 bits per heavy atom. The number of ether oxygens (including phenoxy) is 1.